The van der Waals surface area contributed by atoms with Crippen molar-refractivity contribution in [2.75, 3.05) is 0 Å². The van der Waals surface area contributed by atoms with Gasteiger partial charge in [-0.2, -0.15) is 0 Å². The van der Waals surface area contributed by atoms with Gasteiger partial charge in [0.15, 0.2) is 5.78 Å². The summed E-state index contributed by atoms with van der Waals surface area (Å²) in [6.07, 6.45) is 3.10. The summed E-state index contributed by atoms with van der Waals surface area (Å²) in [7, 11) is 0. The second kappa shape index (κ2) is 8.31. The molecular formula is C30H46O7. The van der Waals surface area contributed by atoms with Crippen molar-refractivity contribution in [1.82, 2.24) is 0 Å². The standard InChI is InChI=1S/C30H46O7/c1-25(2,36)12-11-21(33)30(8,37)23-19(32)14-27(5)20-10-9-16-17(13-18(31)24(35)26(16,3)4)29(20,7)22(34)15-28(23,27)6/h9,11-12,17-20,23-24,31-32,35-37H,10,13-15H2,1-8H3/t17-,18+,19-,20+,23+,24-,27+,28-,29+,30+/m1/s1. The molecule has 37 heavy (non-hydrogen) atoms. The van der Waals surface area contributed by atoms with E-state index in [0.717, 1.165) is 5.57 Å². The number of aliphatic hydroxyl groups excluding tert-OH is 3. The fourth-order valence-electron chi connectivity index (χ4n) is 9.15. The van der Waals surface area contributed by atoms with Crippen molar-refractivity contribution in [2.24, 2.45) is 39.4 Å². The second-order valence-corrected chi connectivity index (χ2v) is 14.4. The van der Waals surface area contributed by atoms with Gasteiger partial charge in [-0.25, -0.2) is 0 Å². The Hall–Kier alpha value is -1.38. The van der Waals surface area contributed by atoms with Gasteiger partial charge in [0.2, 0.25) is 0 Å². The van der Waals surface area contributed by atoms with Crippen molar-refractivity contribution in [1.29, 1.82) is 0 Å². The highest BCUT2D eigenvalue weighted by molar-refractivity contribution is 5.97. The van der Waals surface area contributed by atoms with E-state index in [0.29, 0.717) is 19.3 Å². The Kier molecular flexibility index (Phi) is 6.43. The number of hydrogen-bond acceptors (Lipinski definition) is 7. The first-order valence-electron chi connectivity index (χ1n) is 13.6. The fourth-order valence-corrected chi connectivity index (χ4v) is 9.15. The number of Topliss-reactive ketones (excluding diaryl/α,β-unsaturated/α-hetero) is 1. The van der Waals surface area contributed by atoms with Crippen LogP contribution in [0.15, 0.2) is 23.8 Å². The highest BCUT2D eigenvalue weighted by Gasteiger charge is 2.74. The molecule has 0 aromatic rings. The van der Waals surface area contributed by atoms with Gasteiger partial charge in [0.25, 0.3) is 0 Å². The molecule has 5 N–H and O–H groups in total. The first kappa shape index (κ1) is 28.6. The summed E-state index contributed by atoms with van der Waals surface area (Å²) in [6.45, 7) is 14.3. The van der Waals surface area contributed by atoms with Crippen LogP contribution in [0.1, 0.15) is 81.1 Å². The van der Waals surface area contributed by atoms with Crippen LogP contribution in [0.25, 0.3) is 0 Å². The lowest BCUT2D eigenvalue weighted by atomic mass is 9.38. The zero-order valence-electron chi connectivity index (χ0n) is 23.6. The molecule has 3 saturated carbocycles. The Morgan fingerprint density at radius 3 is 2.16 bits per heavy atom. The van der Waals surface area contributed by atoms with Crippen LogP contribution in [-0.2, 0) is 9.59 Å². The Morgan fingerprint density at radius 1 is 1.00 bits per heavy atom. The summed E-state index contributed by atoms with van der Waals surface area (Å²) in [5.41, 5.74) is -5.07. The van der Waals surface area contributed by atoms with Crippen LogP contribution >= 0.6 is 0 Å². The van der Waals surface area contributed by atoms with Gasteiger partial charge in [-0.3, -0.25) is 9.59 Å². The maximum absolute atomic E-state index is 14.2. The average Bonchev–Trinajstić information content (AvgIpc) is 2.96. The van der Waals surface area contributed by atoms with Gasteiger partial charge in [-0.15, -0.1) is 0 Å². The molecule has 0 heterocycles. The fraction of sp³-hybridized carbons (Fsp3) is 0.800. The molecule has 0 spiro atoms. The number of rotatable bonds is 4. The zero-order chi connectivity index (χ0) is 28.1. The molecule has 7 nitrogen and oxygen atoms in total. The smallest absolute Gasteiger partial charge is 0.187 e. The third-order valence-corrected chi connectivity index (χ3v) is 11.4. The third-order valence-electron chi connectivity index (χ3n) is 11.4. The molecule has 4 rings (SSSR count). The molecule has 3 fully saturated rings. The molecule has 0 bridgehead atoms. The molecular weight excluding hydrogens is 472 g/mol. The minimum Gasteiger partial charge on any atom is -0.393 e. The Morgan fingerprint density at radius 2 is 1.59 bits per heavy atom. The summed E-state index contributed by atoms with van der Waals surface area (Å²) < 4.78 is 0. The lowest BCUT2D eigenvalue weighted by Crippen LogP contribution is -2.65. The predicted octanol–water partition coefficient (Wildman–Crippen LogP) is 2.72. The van der Waals surface area contributed by atoms with Gasteiger partial charge >= 0.3 is 0 Å². The summed E-state index contributed by atoms with van der Waals surface area (Å²) in [5, 5.41) is 54.6. The van der Waals surface area contributed by atoms with E-state index in [1.54, 1.807) is 0 Å². The number of fused-ring (bicyclic) bond motifs is 5. The van der Waals surface area contributed by atoms with Crippen molar-refractivity contribution < 1.29 is 35.1 Å². The first-order chi connectivity index (χ1) is 16.7. The number of carbonyl (C=O) groups excluding carboxylic acids is 2. The maximum Gasteiger partial charge on any atom is 0.187 e. The zero-order valence-corrected chi connectivity index (χ0v) is 23.6. The summed E-state index contributed by atoms with van der Waals surface area (Å²) in [6, 6.07) is 0. The monoisotopic (exact) mass is 518 g/mol. The third kappa shape index (κ3) is 3.79. The average molecular weight is 519 g/mol. The molecule has 0 aromatic carbocycles. The van der Waals surface area contributed by atoms with Gasteiger partial charge < -0.3 is 25.5 Å². The molecule has 0 aliphatic heterocycles. The van der Waals surface area contributed by atoms with Crippen LogP contribution in [0.5, 0.6) is 0 Å². The normalized spacial score (nSPS) is 47.1. The largest absolute Gasteiger partial charge is 0.393 e. The van der Waals surface area contributed by atoms with Crippen molar-refractivity contribution in [3.05, 3.63) is 23.8 Å². The SMILES string of the molecule is CC(C)(O)C=CC(=O)[C@](C)(O)[C@H]1[C@H](O)C[C@@]2(C)[C@@H]3CC=C4[C@@H](C[C@H](O)[C@@H](O)C4(C)C)[C@]3(C)C(=O)C[C@]12C. The van der Waals surface area contributed by atoms with Crippen LogP contribution < -0.4 is 0 Å². The lowest BCUT2D eigenvalue weighted by molar-refractivity contribution is -0.186. The highest BCUT2D eigenvalue weighted by Crippen LogP contribution is 2.74. The number of allylic oxidation sites excluding steroid dienone is 1. The molecule has 0 amide bonds. The molecule has 0 unspecified atom stereocenters. The Labute approximate surface area is 220 Å². The molecule has 10 atom stereocenters. The van der Waals surface area contributed by atoms with Gasteiger partial charge in [0.1, 0.15) is 11.4 Å². The molecule has 208 valence electrons. The first-order valence-corrected chi connectivity index (χ1v) is 13.6. The summed E-state index contributed by atoms with van der Waals surface area (Å²) >= 11 is 0. The van der Waals surface area contributed by atoms with Crippen molar-refractivity contribution in [3.63, 3.8) is 0 Å². The van der Waals surface area contributed by atoms with Gasteiger partial charge in [0, 0.05) is 23.2 Å². The number of hydrogen-bond donors (Lipinski definition) is 5. The van der Waals surface area contributed by atoms with E-state index in [4.69, 9.17) is 0 Å². The minimum atomic E-state index is -1.94. The maximum atomic E-state index is 14.2. The van der Waals surface area contributed by atoms with Gasteiger partial charge in [-0.1, -0.05) is 52.3 Å². The quantitative estimate of drug-likeness (QED) is 0.285. The van der Waals surface area contributed by atoms with E-state index in [-0.39, 0.29) is 24.0 Å². The predicted molar refractivity (Wildman–Crippen MR) is 139 cm³/mol. The molecule has 4 aliphatic rings. The van der Waals surface area contributed by atoms with E-state index in [2.05, 4.69) is 13.0 Å². The molecule has 0 radical (unpaired) electrons. The van der Waals surface area contributed by atoms with Crippen LogP contribution in [0, 0.1) is 39.4 Å². The topological polar surface area (TPSA) is 135 Å². The molecule has 0 aromatic heterocycles. The van der Waals surface area contributed by atoms with E-state index < -0.39 is 62.9 Å². The lowest BCUT2D eigenvalue weighted by Gasteiger charge is -2.65. The van der Waals surface area contributed by atoms with E-state index in [1.807, 2.05) is 27.7 Å². The van der Waals surface area contributed by atoms with Crippen LogP contribution in [0.2, 0.25) is 0 Å². The molecule has 4 aliphatic carbocycles. The summed E-state index contributed by atoms with van der Waals surface area (Å²) in [5.74, 6) is -1.88. The number of aliphatic hydroxyl groups is 5. The molecule has 0 saturated heterocycles. The van der Waals surface area contributed by atoms with Crippen LogP contribution in [0.3, 0.4) is 0 Å². The minimum absolute atomic E-state index is 0.0156. The van der Waals surface area contributed by atoms with Crippen molar-refractivity contribution in [2.45, 2.75) is 111 Å². The molecule has 7 heteroatoms. The van der Waals surface area contributed by atoms with E-state index in [1.165, 1.54) is 32.9 Å². The van der Waals surface area contributed by atoms with Gasteiger partial charge in [0.05, 0.1) is 23.9 Å². The Balaban J connectivity index is 1.79. The number of carbonyl (C=O) groups is 2. The Bertz CT molecular complexity index is 1050. The van der Waals surface area contributed by atoms with Gasteiger partial charge in [-0.05, 0) is 68.8 Å². The second-order valence-electron chi connectivity index (χ2n) is 14.4. The van der Waals surface area contributed by atoms with E-state index in [9.17, 15) is 35.1 Å². The van der Waals surface area contributed by atoms with Crippen LogP contribution in [-0.4, -0.2) is 66.6 Å². The van der Waals surface area contributed by atoms with Crippen molar-refractivity contribution in [3.8, 4) is 0 Å². The van der Waals surface area contributed by atoms with Crippen molar-refractivity contribution >= 4 is 11.6 Å². The number of ketones is 2. The van der Waals surface area contributed by atoms with E-state index >= 15 is 0 Å². The summed E-state index contributed by atoms with van der Waals surface area (Å²) in [4.78, 5) is 27.4. The highest BCUT2D eigenvalue weighted by atomic mass is 16.3. The van der Waals surface area contributed by atoms with Crippen LogP contribution in [0.4, 0.5) is 0 Å².